The second-order valence-electron chi connectivity index (χ2n) is 5.00. The summed E-state index contributed by atoms with van der Waals surface area (Å²) in [6.45, 7) is 0. The van der Waals surface area contributed by atoms with Crippen LogP contribution in [0.25, 0.3) is 6.08 Å². The predicted octanol–water partition coefficient (Wildman–Crippen LogP) is 2.45. The number of carbonyl (C=O) groups excluding carboxylic acids is 1. The highest BCUT2D eigenvalue weighted by Gasteiger charge is 2.26. The molecule has 1 aliphatic heterocycles. The quantitative estimate of drug-likeness (QED) is 0.614. The first-order valence-corrected chi connectivity index (χ1v) is 7.40. The third-order valence-corrected chi connectivity index (χ3v) is 3.50. The average Bonchev–Trinajstić information content (AvgIpc) is 3.01. The van der Waals surface area contributed by atoms with E-state index in [2.05, 4.69) is 9.98 Å². The molecule has 2 aromatic rings. The Hall–Kier alpha value is -3.35. The molecule has 0 saturated heterocycles. The summed E-state index contributed by atoms with van der Waals surface area (Å²) in [4.78, 5) is 20.5. The second-order valence-corrected chi connectivity index (χ2v) is 5.00. The van der Waals surface area contributed by atoms with Crippen LogP contribution in [0.1, 0.15) is 11.3 Å². The monoisotopic (exact) mass is 340 g/mol. The summed E-state index contributed by atoms with van der Waals surface area (Å²) in [6, 6.07) is 8.71. The zero-order valence-corrected chi connectivity index (χ0v) is 14.0. The Kier molecular flexibility index (Phi) is 4.65. The van der Waals surface area contributed by atoms with Crippen LogP contribution in [0.15, 0.2) is 47.2 Å². The average molecular weight is 340 g/mol. The molecule has 0 amide bonds. The van der Waals surface area contributed by atoms with Crippen LogP contribution >= 0.6 is 0 Å². The first kappa shape index (κ1) is 16.5. The third kappa shape index (κ3) is 3.30. The van der Waals surface area contributed by atoms with E-state index < -0.39 is 5.97 Å². The van der Waals surface area contributed by atoms with E-state index in [1.165, 1.54) is 21.3 Å². The van der Waals surface area contributed by atoms with Crippen LogP contribution in [0.2, 0.25) is 0 Å². The number of hydrogen-bond acceptors (Lipinski definition) is 7. The van der Waals surface area contributed by atoms with E-state index in [0.717, 1.165) is 0 Å². The number of rotatable bonds is 5. The smallest absolute Gasteiger partial charge is 0.363 e. The number of methoxy groups -OCH3 is 3. The number of hydrogen-bond donors (Lipinski definition) is 0. The van der Waals surface area contributed by atoms with Gasteiger partial charge in [-0.2, -0.15) is 0 Å². The Labute approximate surface area is 144 Å². The lowest BCUT2D eigenvalue weighted by molar-refractivity contribution is -0.129. The highest BCUT2D eigenvalue weighted by molar-refractivity contribution is 6.13. The molecule has 3 rings (SSSR count). The summed E-state index contributed by atoms with van der Waals surface area (Å²) < 4.78 is 21.2. The van der Waals surface area contributed by atoms with Gasteiger partial charge in [0, 0.05) is 11.8 Å². The van der Waals surface area contributed by atoms with E-state index >= 15 is 0 Å². The molecule has 0 saturated carbocycles. The Bertz CT molecular complexity index is 834. The molecule has 128 valence electrons. The number of pyridine rings is 1. The molecule has 0 atom stereocenters. The predicted molar refractivity (Wildman–Crippen MR) is 90.9 cm³/mol. The minimum absolute atomic E-state index is 0.159. The number of cyclic esters (lactones) is 1. The standard InChI is InChI=1S/C18H16N2O5/c1-22-14-8-11(9-15(23-2)16(14)24-3)17-20-13(18(21)25-17)10-12-6-4-5-7-19-12/h4-10H,1-3H3. The molecule has 0 spiro atoms. The van der Waals surface area contributed by atoms with Gasteiger partial charge >= 0.3 is 5.97 Å². The van der Waals surface area contributed by atoms with Gasteiger partial charge in [0.1, 0.15) is 0 Å². The van der Waals surface area contributed by atoms with E-state index in [4.69, 9.17) is 18.9 Å². The number of aromatic nitrogens is 1. The van der Waals surface area contributed by atoms with Gasteiger partial charge in [-0.25, -0.2) is 9.79 Å². The van der Waals surface area contributed by atoms with E-state index in [0.29, 0.717) is 28.5 Å². The lowest BCUT2D eigenvalue weighted by atomic mass is 10.1. The molecule has 2 heterocycles. The number of benzene rings is 1. The van der Waals surface area contributed by atoms with Crippen LogP contribution in [-0.2, 0) is 9.53 Å². The number of esters is 1. The van der Waals surface area contributed by atoms with Crippen molar-refractivity contribution in [2.75, 3.05) is 21.3 Å². The largest absolute Gasteiger partial charge is 0.493 e. The first-order valence-electron chi connectivity index (χ1n) is 7.40. The van der Waals surface area contributed by atoms with Crippen molar-refractivity contribution in [2.24, 2.45) is 4.99 Å². The summed E-state index contributed by atoms with van der Waals surface area (Å²) in [7, 11) is 4.53. The van der Waals surface area contributed by atoms with Crippen LogP contribution in [0.5, 0.6) is 17.2 Å². The molecule has 1 aromatic heterocycles. The molecule has 0 radical (unpaired) electrons. The minimum atomic E-state index is -0.547. The van der Waals surface area contributed by atoms with E-state index in [1.807, 2.05) is 6.07 Å². The molecule has 0 unspecified atom stereocenters. The van der Waals surface area contributed by atoms with Crippen molar-refractivity contribution in [1.82, 2.24) is 4.98 Å². The van der Waals surface area contributed by atoms with Gasteiger partial charge in [0.05, 0.1) is 27.0 Å². The molecule has 1 aromatic carbocycles. The molecule has 25 heavy (non-hydrogen) atoms. The molecule has 1 aliphatic rings. The summed E-state index contributed by atoms with van der Waals surface area (Å²) in [5, 5.41) is 0. The van der Waals surface area contributed by atoms with Crippen molar-refractivity contribution in [3.05, 3.63) is 53.5 Å². The Balaban J connectivity index is 2.01. The molecule has 7 nitrogen and oxygen atoms in total. The second kappa shape index (κ2) is 7.04. The summed E-state index contributed by atoms with van der Waals surface area (Å²) in [5.41, 5.74) is 1.32. The van der Waals surface area contributed by atoms with Crippen molar-refractivity contribution in [1.29, 1.82) is 0 Å². The van der Waals surface area contributed by atoms with Gasteiger partial charge in [-0.15, -0.1) is 0 Å². The Morgan fingerprint density at radius 2 is 1.76 bits per heavy atom. The SMILES string of the molecule is COc1cc(C2=NC(=Cc3ccccn3)C(=O)O2)cc(OC)c1OC. The van der Waals surface area contributed by atoms with Crippen LogP contribution in [-0.4, -0.2) is 38.2 Å². The topological polar surface area (TPSA) is 79.2 Å². The van der Waals surface area contributed by atoms with Gasteiger partial charge in [-0.05, 0) is 30.3 Å². The zero-order chi connectivity index (χ0) is 17.8. The normalized spacial score (nSPS) is 14.9. The molecule has 0 bridgehead atoms. The number of aliphatic imine (C=N–C) groups is 1. The van der Waals surface area contributed by atoms with Gasteiger partial charge in [-0.1, -0.05) is 6.07 Å². The summed E-state index contributed by atoms with van der Waals surface area (Å²) in [5.74, 6) is 0.944. The maximum Gasteiger partial charge on any atom is 0.363 e. The van der Waals surface area contributed by atoms with Gasteiger partial charge in [0.15, 0.2) is 17.2 Å². The summed E-state index contributed by atoms with van der Waals surface area (Å²) in [6.07, 6.45) is 3.20. The van der Waals surface area contributed by atoms with Crippen LogP contribution in [0, 0.1) is 0 Å². The van der Waals surface area contributed by atoms with Gasteiger partial charge in [0.25, 0.3) is 0 Å². The minimum Gasteiger partial charge on any atom is -0.493 e. The number of carbonyl (C=O) groups is 1. The highest BCUT2D eigenvalue weighted by Crippen LogP contribution is 2.39. The molecule has 0 N–H and O–H groups in total. The van der Waals surface area contributed by atoms with Gasteiger partial charge < -0.3 is 18.9 Å². The van der Waals surface area contributed by atoms with Crippen molar-refractivity contribution < 1.29 is 23.7 Å². The summed E-state index contributed by atoms with van der Waals surface area (Å²) >= 11 is 0. The van der Waals surface area contributed by atoms with E-state index in [9.17, 15) is 4.79 Å². The molecule has 0 aliphatic carbocycles. The fraction of sp³-hybridized carbons (Fsp3) is 0.167. The maximum absolute atomic E-state index is 12.1. The maximum atomic E-state index is 12.1. The fourth-order valence-electron chi connectivity index (χ4n) is 2.34. The molecular formula is C18H16N2O5. The first-order chi connectivity index (χ1) is 12.2. The number of ether oxygens (including phenoxy) is 4. The van der Waals surface area contributed by atoms with Gasteiger partial charge in [-0.3, -0.25) is 4.98 Å². The Morgan fingerprint density at radius 1 is 1.04 bits per heavy atom. The van der Waals surface area contributed by atoms with E-state index in [1.54, 1.807) is 36.5 Å². The zero-order valence-electron chi connectivity index (χ0n) is 14.0. The van der Waals surface area contributed by atoms with Crippen molar-refractivity contribution in [3.8, 4) is 17.2 Å². The molecule has 7 heteroatoms. The molecule has 0 fully saturated rings. The van der Waals surface area contributed by atoms with Crippen LogP contribution in [0.4, 0.5) is 0 Å². The Morgan fingerprint density at radius 3 is 2.32 bits per heavy atom. The van der Waals surface area contributed by atoms with Crippen molar-refractivity contribution >= 4 is 17.9 Å². The van der Waals surface area contributed by atoms with Crippen LogP contribution in [0.3, 0.4) is 0 Å². The number of nitrogens with zero attached hydrogens (tertiary/aromatic N) is 2. The molecular weight excluding hydrogens is 324 g/mol. The van der Waals surface area contributed by atoms with Gasteiger partial charge in [0.2, 0.25) is 11.6 Å². The fourth-order valence-corrected chi connectivity index (χ4v) is 2.34. The lowest BCUT2D eigenvalue weighted by Gasteiger charge is -2.13. The third-order valence-electron chi connectivity index (χ3n) is 3.50. The highest BCUT2D eigenvalue weighted by atomic mass is 16.6. The van der Waals surface area contributed by atoms with Crippen molar-refractivity contribution in [2.45, 2.75) is 0 Å². The van der Waals surface area contributed by atoms with Crippen LogP contribution < -0.4 is 14.2 Å². The van der Waals surface area contributed by atoms with Crippen molar-refractivity contribution in [3.63, 3.8) is 0 Å². The van der Waals surface area contributed by atoms with E-state index in [-0.39, 0.29) is 11.6 Å². The lowest BCUT2D eigenvalue weighted by Crippen LogP contribution is -2.07.